The molecule has 1 aliphatic carbocycles. The van der Waals surface area contributed by atoms with Crippen LogP contribution in [0.5, 0.6) is 5.75 Å². The molecule has 0 spiro atoms. The van der Waals surface area contributed by atoms with E-state index in [4.69, 9.17) is 9.72 Å². The smallest absolute Gasteiger partial charge is 0.145 e. The first-order chi connectivity index (χ1) is 10.8. The van der Waals surface area contributed by atoms with Crippen molar-refractivity contribution in [3.8, 4) is 5.75 Å². The first kappa shape index (κ1) is 14.0. The molecule has 1 aromatic heterocycles. The third kappa shape index (κ3) is 2.46. The minimum Gasteiger partial charge on any atom is -0.494 e. The SMILES string of the molecule is COc1cccc2c(CNC3CC3)c3c(nc12)CCN(C)C3. The van der Waals surface area contributed by atoms with E-state index in [1.54, 1.807) is 7.11 Å². The topological polar surface area (TPSA) is 37.4 Å². The number of nitrogens with zero attached hydrogens (tertiary/aromatic N) is 2. The Morgan fingerprint density at radius 3 is 3.00 bits per heavy atom. The molecular weight excluding hydrogens is 274 g/mol. The van der Waals surface area contributed by atoms with Crippen molar-refractivity contribution in [1.82, 2.24) is 15.2 Å². The van der Waals surface area contributed by atoms with Gasteiger partial charge in [-0.05, 0) is 37.1 Å². The second-order valence-electron chi connectivity index (χ2n) is 6.52. The summed E-state index contributed by atoms with van der Waals surface area (Å²) < 4.78 is 5.54. The molecule has 116 valence electrons. The maximum Gasteiger partial charge on any atom is 0.145 e. The number of fused-ring (bicyclic) bond motifs is 2. The lowest BCUT2D eigenvalue weighted by molar-refractivity contribution is 0.308. The molecule has 1 aromatic carbocycles. The van der Waals surface area contributed by atoms with Gasteiger partial charge in [0.2, 0.25) is 0 Å². The highest BCUT2D eigenvalue weighted by Crippen LogP contribution is 2.32. The van der Waals surface area contributed by atoms with E-state index in [0.717, 1.165) is 37.3 Å². The van der Waals surface area contributed by atoms with E-state index >= 15 is 0 Å². The number of para-hydroxylation sites is 1. The normalized spacial score (nSPS) is 18.5. The molecule has 0 saturated heterocycles. The molecule has 0 atom stereocenters. The average Bonchev–Trinajstić information content (AvgIpc) is 3.35. The van der Waals surface area contributed by atoms with E-state index in [1.807, 2.05) is 6.07 Å². The van der Waals surface area contributed by atoms with E-state index in [1.165, 1.54) is 35.0 Å². The van der Waals surface area contributed by atoms with Gasteiger partial charge in [0.25, 0.3) is 0 Å². The number of pyridine rings is 1. The zero-order chi connectivity index (χ0) is 15.1. The highest BCUT2D eigenvalue weighted by atomic mass is 16.5. The first-order valence-electron chi connectivity index (χ1n) is 8.15. The third-order valence-corrected chi connectivity index (χ3v) is 4.81. The highest BCUT2D eigenvalue weighted by Gasteiger charge is 2.24. The Kier molecular flexibility index (Phi) is 3.51. The van der Waals surface area contributed by atoms with E-state index < -0.39 is 0 Å². The second kappa shape index (κ2) is 5.52. The zero-order valence-corrected chi connectivity index (χ0v) is 13.4. The van der Waals surface area contributed by atoms with Crippen LogP contribution in [0.25, 0.3) is 10.9 Å². The van der Waals surface area contributed by atoms with Gasteiger partial charge in [-0.3, -0.25) is 0 Å². The second-order valence-corrected chi connectivity index (χ2v) is 6.52. The number of aromatic nitrogens is 1. The molecule has 1 fully saturated rings. The third-order valence-electron chi connectivity index (χ3n) is 4.81. The molecule has 0 unspecified atom stereocenters. The summed E-state index contributed by atoms with van der Waals surface area (Å²) in [5.74, 6) is 0.881. The molecule has 1 aliphatic heterocycles. The lowest BCUT2D eigenvalue weighted by Gasteiger charge is -2.27. The minimum atomic E-state index is 0.714. The van der Waals surface area contributed by atoms with Crippen LogP contribution in [0, 0.1) is 0 Å². The molecule has 0 amide bonds. The van der Waals surface area contributed by atoms with Gasteiger partial charge in [0.05, 0.1) is 7.11 Å². The summed E-state index contributed by atoms with van der Waals surface area (Å²) in [6.07, 6.45) is 3.65. The van der Waals surface area contributed by atoms with Gasteiger partial charge in [0.15, 0.2) is 0 Å². The number of nitrogens with one attached hydrogen (secondary N) is 1. The Hall–Kier alpha value is -1.65. The zero-order valence-electron chi connectivity index (χ0n) is 13.4. The van der Waals surface area contributed by atoms with Crippen LogP contribution in [0.4, 0.5) is 0 Å². The summed E-state index contributed by atoms with van der Waals surface area (Å²) in [5, 5.41) is 4.92. The van der Waals surface area contributed by atoms with Gasteiger partial charge in [0.1, 0.15) is 11.3 Å². The van der Waals surface area contributed by atoms with Crippen molar-refractivity contribution in [2.24, 2.45) is 0 Å². The molecule has 2 aliphatic rings. The Morgan fingerprint density at radius 2 is 2.23 bits per heavy atom. The molecule has 4 rings (SSSR count). The fraction of sp³-hybridized carbons (Fsp3) is 0.500. The lowest BCUT2D eigenvalue weighted by atomic mass is 9.95. The van der Waals surface area contributed by atoms with Gasteiger partial charge in [-0.15, -0.1) is 0 Å². The van der Waals surface area contributed by atoms with Crippen molar-refractivity contribution in [1.29, 1.82) is 0 Å². The highest BCUT2D eigenvalue weighted by molar-refractivity contribution is 5.88. The van der Waals surface area contributed by atoms with E-state index in [0.29, 0.717) is 6.04 Å². The van der Waals surface area contributed by atoms with Crippen LogP contribution in [0.1, 0.15) is 29.7 Å². The van der Waals surface area contributed by atoms with Crippen molar-refractivity contribution in [2.75, 3.05) is 20.7 Å². The summed E-state index contributed by atoms with van der Waals surface area (Å²) >= 11 is 0. The number of methoxy groups -OCH3 is 1. The number of likely N-dealkylation sites (N-methyl/N-ethyl adjacent to an activating group) is 1. The summed E-state index contributed by atoms with van der Waals surface area (Å²) in [4.78, 5) is 7.33. The van der Waals surface area contributed by atoms with Gasteiger partial charge in [-0.25, -0.2) is 4.98 Å². The number of hydrogen-bond acceptors (Lipinski definition) is 4. The molecule has 2 aromatic rings. The van der Waals surface area contributed by atoms with Crippen LogP contribution in [0.15, 0.2) is 18.2 Å². The summed E-state index contributed by atoms with van der Waals surface area (Å²) in [7, 11) is 3.92. The molecule has 1 N–H and O–H groups in total. The molecule has 2 heterocycles. The van der Waals surface area contributed by atoms with E-state index in [9.17, 15) is 0 Å². The van der Waals surface area contributed by atoms with Crippen LogP contribution >= 0.6 is 0 Å². The van der Waals surface area contributed by atoms with Crippen molar-refractivity contribution in [3.05, 3.63) is 35.0 Å². The fourth-order valence-electron chi connectivity index (χ4n) is 3.36. The Labute approximate surface area is 131 Å². The fourth-order valence-corrected chi connectivity index (χ4v) is 3.36. The van der Waals surface area contributed by atoms with Crippen LogP contribution < -0.4 is 10.1 Å². The van der Waals surface area contributed by atoms with Gasteiger partial charge in [-0.2, -0.15) is 0 Å². The molecule has 1 saturated carbocycles. The average molecular weight is 297 g/mol. The quantitative estimate of drug-likeness (QED) is 0.941. The number of rotatable bonds is 4. The maximum atomic E-state index is 5.54. The van der Waals surface area contributed by atoms with Gasteiger partial charge in [0, 0.05) is 43.2 Å². The number of hydrogen-bond donors (Lipinski definition) is 1. The molecule has 0 bridgehead atoms. The van der Waals surface area contributed by atoms with Crippen LogP contribution in [-0.4, -0.2) is 36.6 Å². The monoisotopic (exact) mass is 297 g/mol. The van der Waals surface area contributed by atoms with E-state index in [-0.39, 0.29) is 0 Å². The summed E-state index contributed by atoms with van der Waals surface area (Å²) in [5.41, 5.74) is 5.10. The molecule has 4 heteroatoms. The lowest BCUT2D eigenvalue weighted by Crippen LogP contribution is -2.29. The molecule has 0 radical (unpaired) electrons. The largest absolute Gasteiger partial charge is 0.494 e. The van der Waals surface area contributed by atoms with Gasteiger partial charge in [-0.1, -0.05) is 12.1 Å². The molecule has 22 heavy (non-hydrogen) atoms. The van der Waals surface area contributed by atoms with Crippen LogP contribution in [0.2, 0.25) is 0 Å². The predicted octanol–water partition coefficient (Wildman–Crippen LogP) is 2.48. The predicted molar refractivity (Wildman–Crippen MR) is 88.2 cm³/mol. The van der Waals surface area contributed by atoms with Crippen molar-refractivity contribution in [2.45, 2.75) is 38.4 Å². The van der Waals surface area contributed by atoms with Crippen molar-refractivity contribution < 1.29 is 4.74 Å². The Balaban J connectivity index is 1.87. The van der Waals surface area contributed by atoms with Gasteiger partial charge < -0.3 is 15.0 Å². The summed E-state index contributed by atoms with van der Waals surface area (Å²) in [6, 6.07) is 6.98. The minimum absolute atomic E-state index is 0.714. The van der Waals surface area contributed by atoms with E-state index in [2.05, 4.69) is 29.4 Å². The first-order valence-corrected chi connectivity index (χ1v) is 8.15. The number of ether oxygens (including phenoxy) is 1. The van der Waals surface area contributed by atoms with Crippen molar-refractivity contribution in [3.63, 3.8) is 0 Å². The molecular formula is C18H23N3O. The summed E-state index contributed by atoms with van der Waals surface area (Å²) in [6.45, 7) is 3.01. The van der Waals surface area contributed by atoms with Crippen LogP contribution in [-0.2, 0) is 19.5 Å². The maximum absolute atomic E-state index is 5.54. The molecule has 4 nitrogen and oxygen atoms in total. The van der Waals surface area contributed by atoms with Gasteiger partial charge >= 0.3 is 0 Å². The van der Waals surface area contributed by atoms with Crippen molar-refractivity contribution >= 4 is 10.9 Å². The Bertz CT molecular complexity index is 709. The van der Waals surface area contributed by atoms with Crippen LogP contribution in [0.3, 0.4) is 0 Å². The number of benzene rings is 1. The Morgan fingerprint density at radius 1 is 1.36 bits per heavy atom. The standard InChI is InChI=1S/C18H23N3O/c1-21-9-8-16-15(11-21)14(10-19-12-6-7-12)13-4-3-5-17(22-2)18(13)20-16/h3-5,12,19H,6-11H2,1-2H3.